The van der Waals surface area contributed by atoms with Crippen molar-refractivity contribution in [1.29, 1.82) is 0 Å². The minimum Gasteiger partial charge on any atom is -0.299 e. The number of fused-ring (bicyclic) bond motifs is 5. The number of Topliss-reactive ketones (excluding diaryl/α,β-unsaturated/α-hetero) is 2. The Morgan fingerprint density at radius 2 is 1.86 bits per heavy atom. The largest absolute Gasteiger partial charge is 0.299 e. The number of allylic oxidation sites excluding steroid dienone is 3. The van der Waals surface area contributed by atoms with Crippen molar-refractivity contribution in [3.05, 3.63) is 34.8 Å². The van der Waals surface area contributed by atoms with Crippen LogP contribution in [-0.2, 0) is 14.4 Å². The van der Waals surface area contributed by atoms with Crippen molar-refractivity contribution in [2.24, 2.45) is 28.6 Å². The molecule has 0 bridgehead atoms. The van der Waals surface area contributed by atoms with E-state index in [9.17, 15) is 14.4 Å². The molecule has 0 aromatic heterocycles. The summed E-state index contributed by atoms with van der Waals surface area (Å²) >= 11 is 0.884. The Hall–Kier alpha value is -1.49. The third-order valence-corrected chi connectivity index (χ3v) is 8.97. The molecule has 4 aliphatic carbocycles. The standard InChI is InChI=1S/C23H27FO3S/c1-11-10-14-15-6-7-17(26)22(15,4)9-8-16(14)23(5)18(11)20(28-13(3)25)19(27)12(2)21(23)24/h14-16,21H,1-2,6-10H2,3-5H3/t14-,15-,16-,21+,22-,23+/m0/s1. The number of ketones is 2. The number of rotatable bonds is 1. The van der Waals surface area contributed by atoms with Gasteiger partial charge < -0.3 is 0 Å². The van der Waals surface area contributed by atoms with Crippen LogP contribution in [0.3, 0.4) is 0 Å². The molecule has 0 aromatic carbocycles. The lowest BCUT2D eigenvalue weighted by Gasteiger charge is -2.58. The van der Waals surface area contributed by atoms with E-state index in [2.05, 4.69) is 20.1 Å². The lowest BCUT2D eigenvalue weighted by atomic mass is 9.46. The molecule has 0 amide bonds. The summed E-state index contributed by atoms with van der Waals surface area (Å²) in [6.07, 6.45) is 2.14. The third kappa shape index (κ3) is 2.38. The van der Waals surface area contributed by atoms with Crippen LogP contribution in [-0.4, -0.2) is 22.9 Å². The second-order valence-electron chi connectivity index (χ2n) is 9.40. The highest BCUT2D eigenvalue weighted by molar-refractivity contribution is 8.17. The van der Waals surface area contributed by atoms with E-state index in [0.717, 1.165) is 36.6 Å². The molecule has 0 spiro atoms. The van der Waals surface area contributed by atoms with Gasteiger partial charge in [0.25, 0.3) is 0 Å². The number of thioether (sulfide) groups is 1. The van der Waals surface area contributed by atoms with Gasteiger partial charge in [0.1, 0.15) is 12.0 Å². The summed E-state index contributed by atoms with van der Waals surface area (Å²) in [6.45, 7) is 13.4. The summed E-state index contributed by atoms with van der Waals surface area (Å²) in [5, 5.41) is -0.198. The van der Waals surface area contributed by atoms with Gasteiger partial charge in [-0.1, -0.05) is 27.0 Å². The van der Waals surface area contributed by atoms with Gasteiger partial charge in [-0.3, -0.25) is 14.4 Å². The van der Waals surface area contributed by atoms with Crippen LogP contribution in [0.15, 0.2) is 34.8 Å². The van der Waals surface area contributed by atoms with Crippen molar-refractivity contribution >= 4 is 28.4 Å². The Labute approximate surface area is 169 Å². The highest BCUT2D eigenvalue weighted by Gasteiger charge is 2.63. The topological polar surface area (TPSA) is 51.2 Å². The van der Waals surface area contributed by atoms with Gasteiger partial charge in [-0.2, -0.15) is 0 Å². The summed E-state index contributed by atoms with van der Waals surface area (Å²) < 4.78 is 15.8. The van der Waals surface area contributed by atoms with Crippen molar-refractivity contribution in [3.63, 3.8) is 0 Å². The fourth-order valence-electron chi connectivity index (χ4n) is 6.74. The summed E-state index contributed by atoms with van der Waals surface area (Å²) in [5.41, 5.74) is 0.0876. The van der Waals surface area contributed by atoms with Crippen LogP contribution in [0.1, 0.15) is 52.9 Å². The Balaban J connectivity index is 1.87. The fourth-order valence-corrected chi connectivity index (χ4v) is 7.72. The molecule has 6 atom stereocenters. The van der Waals surface area contributed by atoms with Crippen molar-refractivity contribution in [2.45, 2.75) is 59.0 Å². The van der Waals surface area contributed by atoms with E-state index in [1.165, 1.54) is 6.92 Å². The van der Waals surface area contributed by atoms with Crippen molar-refractivity contribution in [2.75, 3.05) is 0 Å². The SMILES string of the molecule is C=C1C[C@@H]2[C@H](CC[C@]3(C)C(=O)CC[C@@H]23)[C@]2(C)C1=C(SC(C)=O)C(=O)C(=C)[C@H]2F. The van der Waals surface area contributed by atoms with E-state index >= 15 is 4.39 Å². The van der Waals surface area contributed by atoms with E-state index in [4.69, 9.17) is 0 Å². The van der Waals surface area contributed by atoms with Crippen LogP contribution >= 0.6 is 11.8 Å². The molecular formula is C23H27FO3S. The zero-order valence-corrected chi connectivity index (χ0v) is 17.6. The van der Waals surface area contributed by atoms with E-state index < -0.39 is 17.4 Å². The Kier molecular flexibility index (Phi) is 4.42. The Morgan fingerprint density at radius 1 is 1.18 bits per heavy atom. The molecule has 4 aliphatic rings. The van der Waals surface area contributed by atoms with Crippen molar-refractivity contribution < 1.29 is 18.8 Å². The average Bonchev–Trinajstić information content (AvgIpc) is 2.93. The molecule has 0 saturated heterocycles. The normalized spacial score (nSPS) is 43.0. The van der Waals surface area contributed by atoms with E-state index in [1.807, 2.05) is 6.92 Å². The van der Waals surface area contributed by atoms with Crippen LogP contribution in [0.25, 0.3) is 0 Å². The molecule has 0 aromatic rings. The Bertz CT molecular complexity index is 871. The molecular weight excluding hydrogens is 375 g/mol. The predicted molar refractivity (Wildman–Crippen MR) is 108 cm³/mol. The molecule has 28 heavy (non-hydrogen) atoms. The van der Waals surface area contributed by atoms with Gasteiger partial charge in [0.2, 0.25) is 0 Å². The van der Waals surface area contributed by atoms with Gasteiger partial charge >= 0.3 is 0 Å². The van der Waals surface area contributed by atoms with Gasteiger partial charge in [-0.25, -0.2) is 4.39 Å². The monoisotopic (exact) mass is 402 g/mol. The number of carbonyl (C=O) groups is 3. The lowest BCUT2D eigenvalue weighted by Crippen LogP contribution is -2.55. The molecule has 0 aliphatic heterocycles. The highest BCUT2D eigenvalue weighted by Crippen LogP contribution is 2.67. The van der Waals surface area contributed by atoms with Crippen LogP contribution < -0.4 is 0 Å². The maximum absolute atomic E-state index is 15.8. The van der Waals surface area contributed by atoms with E-state index in [1.54, 1.807) is 0 Å². The quantitative estimate of drug-likeness (QED) is 0.581. The second kappa shape index (κ2) is 6.25. The first-order valence-electron chi connectivity index (χ1n) is 10.1. The fraction of sp³-hybridized carbons (Fsp3) is 0.609. The third-order valence-electron chi connectivity index (χ3n) is 8.09. The summed E-state index contributed by atoms with van der Waals surface area (Å²) in [6, 6.07) is 0. The number of hydrogen-bond acceptors (Lipinski definition) is 4. The smallest absolute Gasteiger partial charge is 0.198 e. The molecule has 3 nitrogen and oxygen atoms in total. The van der Waals surface area contributed by atoms with E-state index in [0.29, 0.717) is 29.1 Å². The first-order valence-corrected chi connectivity index (χ1v) is 10.9. The molecule has 0 heterocycles. The van der Waals surface area contributed by atoms with Crippen molar-refractivity contribution in [3.8, 4) is 0 Å². The number of halogens is 1. The molecule has 150 valence electrons. The summed E-state index contributed by atoms with van der Waals surface area (Å²) in [5.74, 6) is 0.293. The molecule has 0 N–H and O–H groups in total. The highest BCUT2D eigenvalue weighted by atomic mass is 32.2. The maximum Gasteiger partial charge on any atom is 0.198 e. The van der Waals surface area contributed by atoms with Gasteiger partial charge in [0.05, 0.1) is 4.91 Å². The van der Waals surface area contributed by atoms with Crippen molar-refractivity contribution in [1.82, 2.24) is 0 Å². The van der Waals surface area contributed by atoms with Crippen LogP contribution in [0.4, 0.5) is 4.39 Å². The second-order valence-corrected chi connectivity index (χ2v) is 10.6. The summed E-state index contributed by atoms with van der Waals surface area (Å²) in [7, 11) is 0. The number of carbonyl (C=O) groups excluding carboxylic acids is 3. The van der Waals surface area contributed by atoms with Gasteiger partial charge in [-0.05, 0) is 66.3 Å². The van der Waals surface area contributed by atoms with Gasteiger partial charge in [0.15, 0.2) is 10.9 Å². The molecule has 5 heteroatoms. The zero-order valence-electron chi connectivity index (χ0n) is 16.8. The average molecular weight is 403 g/mol. The maximum atomic E-state index is 15.8. The Morgan fingerprint density at radius 3 is 2.50 bits per heavy atom. The predicted octanol–water partition coefficient (Wildman–Crippen LogP) is 4.98. The first kappa shape index (κ1) is 19.8. The number of hydrogen-bond donors (Lipinski definition) is 0. The van der Waals surface area contributed by atoms with Crippen LogP contribution in [0.5, 0.6) is 0 Å². The van der Waals surface area contributed by atoms with Crippen LogP contribution in [0, 0.1) is 28.6 Å². The number of alkyl halides is 1. The van der Waals surface area contributed by atoms with E-state index in [-0.39, 0.29) is 33.9 Å². The molecule has 3 saturated carbocycles. The lowest BCUT2D eigenvalue weighted by molar-refractivity contribution is -0.132. The van der Waals surface area contributed by atoms with Gasteiger partial charge in [-0.15, -0.1) is 0 Å². The first-order chi connectivity index (χ1) is 13.0. The van der Waals surface area contributed by atoms with Crippen LogP contribution in [0.2, 0.25) is 0 Å². The summed E-state index contributed by atoms with van der Waals surface area (Å²) in [4.78, 5) is 37.5. The molecule has 0 radical (unpaired) electrons. The zero-order chi connectivity index (χ0) is 20.6. The molecule has 3 fully saturated rings. The molecule has 0 unspecified atom stereocenters. The minimum atomic E-state index is -1.49. The van der Waals surface area contributed by atoms with Gasteiger partial charge in [0, 0.05) is 29.7 Å². The molecule has 4 rings (SSSR count). The minimum absolute atomic E-state index is 0.0133.